The van der Waals surface area contributed by atoms with Gasteiger partial charge >= 0.3 is 0 Å². The Balaban J connectivity index is 2.49. The standard InChI is InChI=1S/C5H10FNO2/c6-4-3-7-2-1-5(4,8)9/h4,7-9H,1-3H2/t4-/m0/s1. The van der Waals surface area contributed by atoms with E-state index in [1.807, 2.05) is 0 Å². The van der Waals surface area contributed by atoms with Crippen LogP contribution in [0.2, 0.25) is 0 Å². The summed E-state index contributed by atoms with van der Waals surface area (Å²) in [5.41, 5.74) is 0. The van der Waals surface area contributed by atoms with E-state index in [0.717, 1.165) is 0 Å². The molecular weight excluding hydrogens is 125 g/mol. The molecule has 3 N–H and O–H groups in total. The first-order chi connectivity index (χ1) is 4.13. The molecule has 0 aromatic carbocycles. The Morgan fingerprint density at radius 1 is 1.56 bits per heavy atom. The maximum absolute atomic E-state index is 12.4. The van der Waals surface area contributed by atoms with E-state index in [2.05, 4.69) is 5.32 Å². The van der Waals surface area contributed by atoms with Crippen LogP contribution in [0, 0.1) is 0 Å². The van der Waals surface area contributed by atoms with Gasteiger partial charge in [-0.2, -0.15) is 0 Å². The van der Waals surface area contributed by atoms with Crippen LogP contribution < -0.4 is 5.32 Å². The van der Waals surface area contributed by atoms with Gasteiger partial charge in [0.25, 0.3) is 0 Å². The third kappa shape index (κ3) is 1.38. The van der Waals surface area contributed by atoms with Gasteiger partial charge in [-0.15, -0.1) is 0 Å². The van der Waals surface area contributed by atoms with Crippen LogP contribution in [0.15, 0.2) is 0 Å². The first-order valence-corrected chi connectivity index (χ1v) is 2.92. The minimum absolute atomic E-state index is 0.0347. The molecule has 1 rings (SSSR count). The van der Waals surface area contributed by atoms with Crippen molar-refractivity contribution in [2.45, 2.75) is 18.4 Å². The van der Waals surface area contributed by atoms with E-state index in [4.69, 9.17) is 10.2 Å². The Bertz CT molecular complexity index is 107. The molecular formula is C5H10FNO2. The van der Waals surface area contributed by atoms with E-state index in [1.54, 1.807) is 0 Å². The van der Waals surface area contributed by atoms with Crippen LogP contribution in [-0.4, -0.2) is 35.3 Å². The summed E-state index contributed by atoms with van der Waals surface area (Å²) in [7, 11) is 0. The third-order valence-electron chi connectivity index (χ3n) is 1.49. The quantitative estimate of drug-likeness (QED) is 0.373. The number of hydrogen-bond donors (Lipinski definition) is 3. The molecule has 1 aliphatic heterocycles. The summed E-state index contributed by atoms with van der Waals surface area (Å²) in [6.07, 6.45) is -1.49. The number of nitrogens with one attached hydrogen (secondary N) is 1. The summed E-state index contributed by atoms with van der Waals surface area (Å²) in [6, 6.07) is 0. The molecule has 0 spiro atoms. The Kier molecular flexibility index (Phi) is 1.70. The molecule has 1 atom stereocenters. The van der Waals surface area contributed by atoms with Gasteiger partial charge in [0, 0.05) is 19.5 Å². The van der Waals surface area contributed by atoms with Crippen LogP contribution in [-0.2, 0) is 0 Å². The van der Waals surface area contributed by atoms with Crippen LogP contribution in [0.25, 0.3) is 0 Å². The maximum atomic E-state index is 12.4. The zero-order chi connectivity index (χ0) is 6.91. The average molecular weight is 135 g/mol. The molecule has 54 valence electrons. The molecule has 0 saturated carbocycles. The Morgan fingerprint density at radius 2 is 2.22 bits per heavy atom. The van der Waals surface area contributed by atoms with Crippen molar-refractivity contribution in [3.8, 4) is 0 Å². The smallest absolute Gasteiger partial charge is 0.197 e. The molecule has 4 heteroatoms. The van der Waals surface area contributed by atoms with Gasteiger partial charge in [0.2, 0.25) is 0 Å². The number of halogens is 1. The van der Waals surface area contributed by atoms with Crippen molar-refractivity contribution in [1.82, 2.24) is 5.32 Å². The van der Waals surface area contributed by atoms with Crippen LogP contribution in [0.3, 0.4) is 0 Å². The average Bonchev–Trinajstić information content (AvgIpc) is 1.77. The number of alkyl halides is 1. The molecule has 3 nitrogen and oxygen atoms in total. The molecule has 0 radical (unpaired) electrons. The molecule has 0 aromatic rings. The maximum Gasteiger partial charge on any atom is 0.197 e. The lowest BCUT2D eigenvalue weighted by Crippen LogP contribution is -2.51. The summed E-state index contributed by atoms with van der Waals surface area (Å²) >= 11 is 0. The van der Waals surface area contributed by atoms with Crippen molar-refractivity contribution in [2.24, 2.45) is 0 Å². The number of rotatable bonds is 0. The zero-order valence-electron chi connectivity index (χ0n) is 4.97. The highest BCUT2D eigenvalue weighted by Crippen LogP contribution is 2.16. The van der Waals surface area contributed by atoms with Crippen LogP contribution >= 0.6 is 0 Å². The predicted molar refractivity (Wildman–Crippen MR) is 29.6 cm³/mol. The molecule has 1 saturated heterocycles. The second-order valence-electron chi connectivity index (χ2n) is 2.30. The van der Waals surface area contributed by atoms with E-state index < -0.39 is 12.0 Å². The van der Waals surface area contributed by atoms with E-state index in [1.165, 1.54) is 0 Å². The minimum Gasteiger partial charge on any atom is -0.363 e. The topological polar surface area (TPSA) is 52.5 Å². The van der Waals surface area contributed by atoms with Gasteiger partial charge in [-0.1, -0.05) is 0 Å². The normalized spacial score (nSPS) is 34.3. The third-order valence-corrected chi connectivity index (χ3v) is 1.49. The fourth-order valence-electron chi connectivity index (χ4n) is 0.821. The van der Waals surface area contributed by atoms with Crippen LogP contribution in [0.4, 0.5) is 4.39 Å². The SMILES string of the molecule is OC1(O)CCNC[C@@H]1F. The fraction of sp³-hybridized carbons (Fsp3) is 1.00. The second-order valence-corrected chi connectivity index (χ2v) is 2.30. The molecule has 1 aliphatic rings. The number of aliphatic hydroxyl groups is 2. The van der Waals surface area contributed by atoms with Crippen molar-refractivity contribution in [3.63, 3.8) is 0 Å². The lowest BCUT2D eigenvalue weighted by atomic mass is 10.0. The first-order valence-electron chi connectivity index (χ1n) is 2.92. The van der Waals surface area contributed by atoms with Crippen molar-refractivity contribution in [3.05, 3.63) is 0 Å². The largest absolute Gasteiger partial charge is 0.363 e. The Hall–Kier alpha value is -0.190. The van der Waals surface area contributed by atoms with Crippen molar-refractivity contribution >= 4 is 0 Å². The second kappa shape index (κ2) is 2.21. The number of piperidine rings is 1. The highest BCUT2D eigenvalue weighted by Gasteiger charge is 2.36. The lowest BCUT2D eigenvalue weighted by Gasteiger charge is -2.30. The molecule has 1 fully saturated rings. The molecule has 0 bridgehead atoms. The lowest BCUT2D eigenvalue weighted by molar-refractivity contribution is -0.215. The van der Waals surface area contributed by atoms with Gasteiger partial charge in [-0.25, -0.2) is 4.39 Å². The van der Waals surface area contributed by atoms with Gasteiger partial charge in [0.05, 0.1) is 0 Å². The van der Waals surface area contributed by atoms with Crippen LogP contribution in [0.5, 0.6) is 0 Å². The van der Waals surface area contributed by atoms with E-state index in [-0.39, 0.29) is 13.0 Å². The first kappa shape index (κ1) is 6.92. The van der Waals surface area contributed by atoms with Gasteiger partial charge in [-0.05, 0) is 0 Å². The highest BCUT2D eigenvalue weighted by atomic mass is 19.1. The van der Waals surface area contributed by atoms with Gasteiger partial charge in [0.1, 0.15) is 0 Å². The fourth-order valence-corrected chi connectivity index (χ4v) is 0.821. The van der Waals surface area contributed by atoms with Crippen LogP contribution in [0.1, 0.15) is 6.42 Å². The van der Waals surface area contributed by atoms with Crippen molar-refractivity contribution < 1.29 is 14.6 Å². The molecule has 0 aliphatic carbocycles. The van der Waals surface area contributed by atoms with E-state index >= 15 is 0 Å². The van der Waals surface area contributed by atoms with Gasteiger partial charge in [-0.3, -0.25) is 0 Å². The van der Waals surface area contributed by atoms with E-state index in [0.29, 0.717) is 6.54 Å². The minimum atomic E-state index is -2.09. The zero-order valence-corrected chi connectivity index (χ0v) is 4.97. The monoisotopic (exact) mass is 135 g/mol. The Morgan fingerprint density at radius 3 is 2.56 bits per heavy atom. The number of hydrogen-bond acceptors (Lipinski definition) is 3. The van der Waals surface area contributed by atoms with Crippen molar-refractivity contribution in [1.29, 1.82) is 0 Å². The van der Waals surface area contributed by atoms with Crippen molar-refractivity contribution in [2.75, 3.05) is 13.1 Å². The molecule has 9 heavy (non-hydrogen) atoms. The summed E-state index contributed by atoms with van der Waals surface area (Å²) in [4.78, 5) is 0. The predicted octanol–water partition coefficient (Wildman–Crippen LogP) is -1.00. The molecule has 0 unspecified atom stereocenters. The molecule has 0 aromatic heterocycles. The summed E-state index contributed by atoms with van der Waals surface area (Å²) in [5, 5.41) is 20.3. The summed E-state index contributed by atoms with van der Waals surface area (Å²) in [6.45, 7) is 0.500. The summed E-state index contributed by atoms with van der Waals surface area (Å²) < 4.78 is 12.4. The molecule has 0 amide bonds. The molecule has 1 heterocycles. The van der Waals surface area contributed by atoms with Gasteiger partial charge in [0.15, 0.2) is 12.0 Å². The van der Waals surface area contributed by atoms with E-state index in [9.17, 15) is 4.39 Å². The Labute approximate surface area is 52.5 Å². The summed E-state index contributed by atoms with van der Waals surface area (Å²) in [5.74, 6) is -2.09. The van der Waals surface area contributed by atoms with Gasteiger partial charge < -0.3 is 15.5 Å². The highest BCUT2D eigenvalue weighted by molar-refractivity contribution is 4.82.